The van der Waals surface area contributed by atoms with E-state index in [9.17, 15) is 9.59 Å². The van der Waals surface area contributed by atoms with Crippen LogP contribution in [0, 0.1) is 5.92 Å². The number of benzene rings is 1. The number of piperidine rings is 1. The minimum Gasteiger partial charge on any atom is -0.497 e. The van der Waals surface area contributed by atoms with Crippen LogP contribution < -0.4 is 4.74 Å². The molecule has 0 aliphatic carbocycles. The van der Waals surface area contributed by atoms with E-state index in [1.54, 1.807) is 37.7 Å². The van der Waals surface area contributed by atoms with E-state index < -0.39 is 0 Å². The number of likely N-dealkylation sites (tertiary alicyclic amines) is 1. The number of hydrogen-bond donors (Lipinski definition) is 1. The largest absolute Gasteiger partial charge is 0.497 e. The molecule has 3 heterocycles. The van der Waals surface area contributed by atoms with E-state index in [2.05, 4.69) is 9.97 Å². The molecule has 4 rings (SSSR count). The van der Waals surface area contributed by atoms with E-state index in [-0.39, 0.29) is 17.7 Å². The van der Waals surface area contributed by atoms with E-state index in [0.717, 1.165) is 30.1 Å². The molecule has 1 saturated heterocycles. The number of aromatic amines is 1. The fourth-order valence-corrected chi connectivity index (χ4v) is 3.90. The molecule has 7 heteroatoms. The standard InChI is InChI=1S/C20H24N4O3/c1-27-16-4-2-14(3-5-16)19(25)23-9-6-15(7-10-23)20(26)24-11-8-17-18(12-24)22-13-21-17/h2-5,13,15H,6-12H2,1H3,(H,21,22). The topological polar surface area (TPSA) is 78.5 Å². The van der Waals surface area contributed by atoms with Crippen molar-refractivity contribution >= 4 is 11.8 Å². The molecule has 0 bridgehead atoms. The summed E-state index contributed by atoms with van der Waals surface area (Å²) in [6.45, 7) is 2.57. The third kappa shape index (κ3) is 3.54. The van der Waals surface area contributed by atoms with Crippen molar-refractivity contribution in [2.75, 3.05) is 26.7 Å². The van der Waals surface area contributed by atoms with Crippen LogP contribution in [-0.4, -0.2) is 58.3 Å². The number of fused-ring (bicyclic) bond motifs is 1. The Morgan fingerprint density at radius 3 is 2.56 bits per heavy atom. The lowest BCUT2D eigenvalue weighted by Crippen LogP contribution is -2.45. The van der Waals surface area contributed by atoms with Crippen molar-refractivity contribution < 1.29 is 14.3 Å². The lowest BCUT2D eigenvalue weighted by Gasteiger charge is -2.35. The van der Waals surface area contributed by atoms with Crippen LogP contribution in [0.15, 0.2) is 30.6 Å². The maximum absolute atomic E-state index is 12.9. The summed E-state index contributed by atoms with van der Waals surface area (Å²) in [5.74, 6) is 0.947. The average molecular weight is 368 g/mol. The Morgan fingerprint density at radius 1 is 1.11 bits per heavy atom. The van der Waals surface area contributed by atoms with Crippen molar-refractivity contribution in [1.29, 1.82) is 0 Å². The third-order valence-electron chi connectivity index (χ3n) is 5.56. The summed E-state index contributed by atoms with van der Waals surface area (Å²) < 4.78 is 5.14. The third-order valence-corrected chi connectivity index (χ3v) is 5.56. The minimum atomic E-state index is -0.00520. The second kappa shape index (κ2) is 7.42. The molecule has 0 spiro atoms. The van der Waals surface area contributed by atoms with E-state index >= 15 is 0 Å². The van der Waals surface area contributed by atoms with Crippen LogP contribution in [0.1, 0.15) is 34.6 Å². The number of methoxy groups -OCH3 is 1. The van der Waals surface area contributed by atoms with Gasteiger partial charge in [0.25, 0.3) is 5.91 Å². The molecule has 2 aliphatic rings. The number of nitrogens with zero attached hydrogens (tertiary/aromatic N) is 3. The summed E-state index contributed by atoms with van der Waals surface area (Å²) in [5, 5.41) is 0. The molecule has 1 fully saturated rings. The molecule has 2 aromatic rings. The van der Waals surface area contributed by atoms with Gasteiger partial charge in [-0.2, -0.15) is 0 Å². The van der Waals surface area contributed by atoms with Gasteiger partial charge in [0.1, 0.15) is 5.75 Å². The van der Waals surface area contributed by atoms with Crippen LogP contribution in [0.2, 0.25) is 0 Å². The van der Waals surface area contributed by atoms with Crippen LogP contribution in [0.3, 0.4) is 0 Å². The average Bonchev–Trinajstić information content (AvgIpc) is 3.21. The molecule has 0 atom stereocenters. The first-order chi connectivity index (χ1) is 13.2. The zero-order chi connectivity index (χ0) is 18.8. The summed E-state index contributed by atoms with van der Waals surface area (Å²) in [7, 11) is 1.61. The molecule has 1 N–H and O–H groups in total. The van der Waals surface area contributed by atoms with Crippen molar-refractivity contribution in [3.05, 3.63) is 47.5 Å². The summed E-state index contributed by atoms with van der Waals surface area (Å²) >= 11 is 0. The number of nitrogens with one attached hydrogen (secondary N) is 1. The molecule has 27 heavy (non-hydrogen) atoms. The van der Waals surface area contributed by atoms with Crippen molar-refractivity contribution in [2.24, 2.45) is 5.92 Å². The lowest BCUT2D eigenvalue weighted by molar-refractivity contribution is -0.138. The number of hydrogen-bond acceptors (Lipinski definition) is 4. The zero-order valence-electron chi connectivity index (χ0n) is 15.5. The predicted molar refractivity (Wildman–Crippen MR) is 99.3 cm³/mol. The Morgan fingerprint density at radius 2 is 1.85 bits per heavy atom. The summed E-state index contributed by atoms with van der Waals surface area (Å²) in [4.78, 5) is 36.7. The summed E-state index contributed by atoms with van der Waals surface area (Å²) in [5.41, 5.74) is 2.77. The second-order valence-electron chi connectivity index (χ2n) is 7.13. The van der Waals surface area contributed by atoms with Crippen LogP contribution in [0.4, 0.5) is 0 Å². The van der Waals surface area contributed by atoms with Gasteiger partial charge in [-0.3, -0.25) is 9.59 Å². The van der Waals surface area contributed by atoms with Gasteiger partial charge in [0.05, 0.1) is 31.4 Å². The molecule has 0 saturated carbocycles. The summed E-state index contributed by atoms with van der Waals surface area (Å²) in [6.07, 6.45) is 3.93. The van der Waals surface area contributed by atoms with E-state index in [0.29, 0.717) is 38.0 Å². The first-order valence-electron chi connectivity index (χ1n) is 9.39. The Hall–Kier alpha value is -2.83. The van der Waals surface area contributed by atoms with Gasteiger partial charge < -0.3 is 19.5 Å². The summed E-state index contributed by atoms with van der Waals surface area (Å²) in [6, 6.07) is 7.16. The van der Waals surface area contributed by atoms with Crippen molar-refractivity contribution in [1.82, 2.24) is 19.8 Å². The van der Waals surface area contributed by atoms with Gasteiger partial charge in [-0.15, -0.1) is 0 Å². The van der Waals surface area contributed by atoms with E-state index in [4.69, 9.17) is 4.74 Å². The first kappa shape index (κ1) is 17.6. The highest BCUT2D eigenvalue weighted by atomic mass is 16.5. The number of amides is 2. The Bertz CT molecular complexity index is 822. The monoisotopic (exact) mass is 368 g/mol. The van der Waals surface area contributed by atoms with Crippen LogP contribution in [0.5, 0.6) is 5.75 Å². The minimum absolute atomic E-state index is 0.00520. The molecular formula is C20H24N4O3. The fraction of sp³-hybridized carbons (Fsp3) is 0.450. The van der Waals surface area contributed by atoms with Gasteiger partial charge in [-0.05, 0) is 37.1 Å². The number of imidazole rings is 1. The van der Waals surface area contributed by atoms with E-state index in [1.165, 1.54) is 0 Å². The Kier molecular flexibility index (Phi) is 4.83. The smallest absolute Gasteiger partial charge is 0.253 e. The normalized spacial score (nSPS) is 17.5. The van der Waals surface area contributed by atoms with Crippen LogP contribution in [0.25, 0.3) is 0 Å². The number of H-pyrrole nitrogens is 1. The molecule has 2 aliphatic heterocycles. The second-order valence-corrected chi connectivity index (χ2v) is 7.13. The van der Waals surface area contributed by atoms with Gasteiger partial charge in [0.15, 0.2) is 0 Å². The maximum atomic E-state index is 12.9. The molecule has 2 amide bonds. The highest BCUT2D eigenvalue weighted by Gasteiger charge is 2.32. The molecule has 1 aromatic carbocycles. The molecule has 7 nitrogen and oxygen atoms in total. The molecule has 142 valence electrons. The van der Waals surface area contributed by atoms with Gasteiger partial charge in [0.2, 0.25) is 5.91 Å². The number of carbonyl (C=O) groups excluding carboxylic acids is 2. The van der Waals surface area contributed by atoms with Gasteiger partial charge >= 0.3 is 0 Å². The highest BCUT2D eigenvalue weighted by Crippen LogP contribution is 2.24. The molecule has 1 aromatic heterocycles. The Balaban J connectivity index is 1.33. The first-order valence-corrected chi connectivity index (χ1v) is 9.39. The van der Waals surface area contributed by atoms with Crippen LogP contribution in [-0.2, 0) is 17.8 Å². The number of ether oxygens (including phenoxy) is 1. The number of carbonyl (C=O) groups is 2. The van der Waals surface area contributed by atoms with Gasteiger partial charge in [0, 0.05) is 37.5 Å². The highest BCUT2D eigenvalue weighted by molar-refractivity contribution is 5.94. The fourth-order valence-electron chi connectivity index (χ4n) is 3.90. The van der Waals surface area contributed by atoms with E-state index in [1.807, 2.05) is 9.80 Å². The quantitative estimate of drug-likeness (QED) is 0.897. The molecule has 0 unspecified atom stereocenters. The maximum Gasteiger partial charge on any atom is 0.253 e. The number of aromatic nitrogens is 2. The lowest BCUT2D eigenvalue weighted by atomic mass is 9.94. The molecule has 0 radical (unpaired) electrons. The SMILES string of the molecule is COc1ccc(C(=O)N2CCC(C(=O)N3CCc4nc[nH]c4C3)CC2)cc1. The van der Waals surface area contributed by atoms with Crippen LogP contribution >= 0.6 is 0 Å². The van der Waals surface area contributed by atoms with Crippen molar-refractivity contribution in [3.63, 3.8) is 0 Å². The van der Waals surface area contributed by atoms with Gasteiger partial charge in [-0.1, -0.05) is 0 Å². The van der Waals surface area contributed by atoms with Crippen molar-refractivity contribution in [2.45, 2.75) is 25.8 Å². The predicted octanol–water partition coefficient (Wildman–Crippen LogP) is 1.86. The zero-order valence-corrected chi connectivity index (χ0v) is 15.5. The van der Waals surface area contributed by atoms with Gasteiger partial charge in [-0.25, -0.2) is 4.98 Å². The number of rotatable bonds is 3. The van der Waals surface area contributed by atoms with Crippen molar-refractivity contribution in [3.8, 4) is 5.75 Å². The molecular weight excluding hydrogens is 344 g/mol. The Labute approximate surface area is 158 Å².